The highest BCUT2D eigenvalue weighted by molar-refractivity contribution is 6.30. The third kappa shape index (κ3) is 1.94. The van der Waals surface area contributed by atoms with Crippen molar-refractivity contribution in [3.63, 3.8) is 0 Å². The van der Waals surface area contributed by atoms with Gasteiger partial charge in [0.15, 0.2) is 0 Å². The molecule has 0 saturated carbocycles. The van der Waals surface area contributed by atoms with Gasteiger partial charge in [0.2, 0.25) is 5.91 Å². The average molecular weight is 280 g/mol. The van der Waals surface area contributed by atoms with Crippen molar-refractivity contribution in [2.24, 2.45) is 0 Å². The fourth-order valence-electron chi connectivity index (χ4n) is 2.72. The van der Waals surface area contributed by atoms with Gasteiger partial charge in [0, 0.05) is 17.3 Å². The number of benzene rings is 1. The number of nitrogens with zero attached hydrogens (tertiary/aromatic N) is 1. The molecule has 3 rings (SSSR count). The maximum atomic E-state index is 12.3. The van der Waals surface area contributed by atoms with Crippen molar-refractivity contribution in [2.75, 3.05) is 18.4 Å². The molecule has 1 spiro atoms. The van der Waals surface area contributed by atoms with Gasteiger partial charge in [0.1, 0.15) is 5.54 Å². The van der Waals surface area contributed by atoms with Crippen molar-refractivity contribution >= 4 is 29.2 Å². The van der Waals surface area contributed by atoms with Crippen molar-refractivity contribution < 1.29 is 9.59 Å². The van der Waals surface area contributed by atoms with E-state index >= 15 is 0 Å². The molecule has 2 N–H and O–H groups in total. The Kier molecular flexibility index (Phi) is 2.86. The lowest BCUT2D eigenvalue weighted by Crippen LogP contribution is -2.71. The van der Waals surface area contributed by atoms with Crippen LogP contribution in [0.2, 0.25) is 5.02 Å². The molecule has 2 aliphatic rings. The fraction of sp³-hybridized carbons (Fsp3) is 0.385. The Morgan fingerprint density at radius 2 is 2.32 bits per heavy atom. The van der Waals surface area contributed by atoms with E-state index in [0.717, 1.165) is 12.8 Å². The Hall–Kier alpha value is -1.75. The van der Waals surface area contributed by atoms with Crippen LogP contribution in [0.3, 0.4) is 0 Å². The molecular formula is C13H14ClN3O2. The van der Waals surface area contributed by atoms with Crippen LogP contribution in [0.1, 0.15) is 12.8 Å². The number of halogens is 1. The van der Waals surface area contributed by atoms with Gasteiger partial charge in [-0.2, -0.15) is 0 Å². The number of nitrogens with one attached hydrogen (secondary N) is 2. The molecule has 3 amide bonds. The first-order chi connectivity index (χ1) is 9.12. The molecule has 5 nitrogen and oxygen atoms in total. The Morgan fingerprint density at radius 1 is 1.47 bits per heavy atom. The van der Waals surface area contributed by atoms with E-state index in [1.54, 1.807) is 29.2 Å². The molecule has 1 aromatic rings. The molecule has 100 valence electrons. The van der Waals surface area contributed by atoms with Crippen LogP contribution in [-0.4, -0.2) is 35.5 Å². The summed E-state index contributed by atoms with van der Waals surface area (Å²) in [7, 11) is 0. The SMILES string of the molecule is O=C(Nc1cccc(Cl)c1)N1CCCC12CNC2=O. The van der Waals surface area contributed by atoms with E-state index in [2.05, 4.69) is 10.6 Å². The maximum absolute atomic E-state index is 12.3. The van der Waals surface area contributed by atoms with Gasteiger partial charge < -0.3 is 15.5 Å². The second-order valence-electron chi connectivity index (χ2n) is 4.91. The quantitative estimate of drug-likeness (QED) is 0.771. The Morgan fingerprint density at radius 3 is 2.95 bits per heavy atom. The summed E-state index contributed by atoms with van der Waals surface area (Å²) in [6.07, 6.45) is 1.60. The highest BCUT2D eigenvalue weighted by Gasteiger charge is 2.55. The molecule has 2 aliphatic heterocycles. The number of hydrogen-bond donors (Lipinski definition) is 2. The Labute approximate surface area is 115 Å². The third-order valence-electron chi connectivity index (χ3n) is 3.77. The normalized spacial score (nSPS) is 25.1. The number of β-lactam (4-membered cyclic amide) rings is 1. The van der Waals surface area contributed by atoms with E-state index in [4.69, 9.17) is 11.6 Å². The molecule has 0 aliphatic carbocycles. The van der Waals surface area contributed by atoms with Crippen LogP contribution in [0, 0.1) is 0 Å². The van der Waals surface area contributed by atoms with Crippen molar-refractivity contribution in [3.05, 3.63) is 29.3 Å². The third-order valence-corrected chi connectivity index (χ3v) is 4.01. The number of urea groups is 1. The molecule has 0 bridgehead atoms. The summed E-state index contributed by atoms with van der Waals surface area (Å²) in [6, 6.07) is 6.73. The molecule has 2 fully saturated rings. The lowest BCUT2D eigenvalue weighted by atomic mass is 9.88. The zero-order valence-electron chi connectivity index (χ0n) is 10.3. The number of anilines is 1. The standard InChI is InChI=1S/C13H14ClN3O2/c14-9-3-1-4-10(7-9)16-12(19)17-6-2-5-13(17)8-15-11(13)18/h1,3-4,7H,2,5-6,8H2,(H,15,18)(H,16,19). The molecule has 19 heavy (non-hydrogen) atoms. The largest absolute Gasteiger partial charge is 0.351 e. The molecule has 0 aromatic heterocycles. The van der Waals surface area contributed by atoms with Crippen molar-refractivity contribution in [1.29, 1.82) is 0 Å². The summed E-state index contributed by atoms with van der Waals surface area (Å²) in [5.41, 5.74) is 0.0159. The van der Waals surface area contributed by atoms with Crippen LogP contribution in [0.15, 0.2) is 24.3 Å². The first-order valence-corrected chi connectivity index (χ1v) is 6.62. The highest BCUT2D eigenvalue weighted by Crippen LogP contribution is 2.34. The summed E-state index contributed by atoms with van der Waals surface area (Å²) in [6.45, 7) is 1.16. The minimum atomic E-state index is -0.622. The van der Waals surface area contributed by atoms with E-state index < -0.39 is 5.54 Å². The van der Waals surface area contributed by atoms with Gasteiger partial charge in [-0.25, -0.2) is 4.79 Å². The molecule has 0 radical (unpaired) electrons. The fourth-order valence-corrected chi connectivity index (χ4v) is 2.91. The van der Waals surface area contributed by atoms with E-state index in [1.807, 2.05) is 0 Å². The van der Waals surface area contributed by atoms with E-state index in [9.17, 15) is 9.59 Å². The van der Waals surface area contributed by atoms with Crippen LogP contribution >= 0.6 is 11.6 Å². The topological polar surface area (TPSA) is 61.4 Å². The summed E-state index contributed by atoms with van der Waals surface area (Å²) < 4.78 is 0. The lowest BCUT2D eigenvalue weighted by Gasteiger charge is -2.44. The number of carbonyl (C=O) groups excluding carboxylic acids is 2. The zero-order chi connectivity index (χ0) is 13.5. The first kappa shape index (κ1) is 12.3. The van der Waals surface area contributed by atoms with Crippen molar-refractivity contribution in [2.45, 2.75) is 18.4 Å². The van der Waals surface area contributed by atoms with Crippen LogP contribution in [-0.2, 0) is 4.79 Å². The smallest absolute Gasteiger partial charge is 0.322 e. The first-order valence-electron chi connectivity index (χ1n) is 6.24. The van der Waals surface area contributed by atoms with Crippen molar-refractivity contribution in [3.8, 4) is 0 Å². The minimum Gasteiger partial charge on any atom is -0.351 e. The number of amides is 3. The lowest BCUT2D eigenvalue weighted by molar-refractivity contribution is -0.138. The molecule has 2 heterocycles. The van der Waals surface area contributed by atoms with E-state index in [0.29, 0.717) is 23.8 Å². The van der Waals surface area contributed by atoms with Gasteiger partial charge in [0.25, 0.3) is 0 Å². The van der Waals surface area contributed by atoms with Gasteiger partial charge in [0.05, 0.1) is 6.54 Å². The van der Waals surface area contributed by atoms with Gasteiger partial charge in [-0.1, -0.05) is 17.7 Å². The highest BCUT2D eigenvalue weighted by atomic mass is 35.5. The van der Waals surface area contributed by atoms with E-state index in [-0.39, 0.29) is 11.9 Å². The van der Waals surface area contributed by atoms with Crippen LogP contribution in [0.5, 0.6) is 0 Å². The minimum absolute atomic E-state index is 0.0498. The molecule has 6 heteroatoms. The number of rotatable bonds is 1. The number of carbonyl (C=O) groups is 2. The Balaban J connectivity index is 1.76. The maximum Gasteiger partial charge on any atom is 0.322 e. The molecule has 2 saturated heterocycles. The molecule has 1 unspecified atom stereocenters. The van der Waals surface area contributed by atoms with Gasteiger partial charge >= 0.3 is 6.03 Å². The summed E-state index contributed by atoms with van der Waals surface area (Å²) in [4.78, 5) is 25.6. The van der Waals surface area contributed by atoms with Gasteiger partial charge in [-0.3, -0.25) is 4.79 Å². The predicted molar refractivity (Wildman–Crippen MR) is 72.2 cm³/mol. The van der Waals surface area contributed by atoms with Crippen LogP contribution in [0.4, 0.5) is 10.5 Å². The van der Waals surface area contributed by atoms with Gasteiger partial charge in [-0.05, 0) is 31.0 Å². The number of likely N-dealkylation sites (tertiary alicyclic amines) is 1. The molecular weight excluding hydrogens is 266 g/mol. The summed E-state index contributed by atoms with van der Waals surface area (Å²) >= 11 is 5.88. The summed E-state index contributed by atoms with van der Waals surface area (Å²) in [5, 5.41) is 6.07. The summed E-state index contributed by atoms with van der Waals surface area (Å²) in [5.74, 6) is -0.0498. The van der Waals surface area contributed by atoms with Crippen molar-refractivity contribution in [1.82, 2.24) is 10.2 Å². The predicted octanol–water partition coefficient (Wildman–Crippen LogP) is 1.84. The second kappa shape index (κ2) is 4.42. The number of hydrogen-bond acceptors (Lipinski definition) is 2. The second-order valence-corrected chi connectivity index (χ2v) is 5.35. The van der Waals surface area contributed by atoms with E-state index in [1.165, 1.54) is 0 Å². The van der Waals surface area contributed by atoms with Crippen LogP contribution < -0.4 is 10.6 Å². The molecule has 1 atom stereocenters. The van der Waals surface area contributed by atoms with Gasteiger partial charge in [-0.15, -0.1) is 0 Å². The molecule has 1 aromatic carbocycles. The monoisotopic (exact) mass is 279 g/mol. The van der Waals surface area contributed by atoms with Crippen LogP contribution in [0.25, 0.3) is 0 Å². The Bertz CT molecular complexity index is 548. The zero-order valence-corrected chi connectivity index (χ0v) is 11.0. The average Bonchev–Trinajstić information content (AvgIpc) is 2.84.